The molecule has 2 aliphatic rings. The fourth-order valence-corrected chi connectivity index (χ4v) is 5.11. The van der Waals surface area contributed by atoms with Crippen LogP contribution in [0.1, 0.15) is 60.3 Å². The minimum absolute atomic E-state index is 0.312. The van der Waals surface area contributed by atoms with Gasteiger partial charge in [0.1, 0.15) is 12.6 Å². The summed E-state index contributed by atoms with van der Waals surface area (Å²) in [5.41, 5.74) is 0.385. The van der Waals surface area contributed by atoms with E-state index in [4.69, 9.17) is 4.74 Å². The molecule has 2 rings (SSSR count). The molecular formula is C19H38NO2+. The number of rotatable bonds is 5. The van der Waals surface area contributed by atoms with Gasteiger partial charge in [0.2, 0.25) is 0 Å². The summed E-state index contributed by atoms with van der Waals surface area (Å²) in [5.74, 6) is 2.30. The molecule has 6 atom stereocenters. The molecule has 2 fully saturated rings. The smallest absolute Gasteiger partial charge is 0.126 e. The summed E-state index contributed by atoms with van der Waals surface area (Å²) in [6, 6.07) is 0. The number of aliphatic hydroxyl groups is 1. The second kappa shape index (κ2) is 7.63. The molecule has 1 aliphatic carbocycles. The van der Waals surface area contributed by atoms with Gasteiger partial charge in [-0.05, 0) is 37.0 Å². The van der Waals surface area contributed by atoms with Crippen LogP contribution in [0.2, 0.25) is 0 Å². The second-order valence-electron chi connectivity index (χ2n) is 9.33. The summed E-state index contributed by atoms with van der Waals surface area (Å²) < 4.78 is 6.08. The number of aliphatic hydroxyl groups excluding tert-OH is 1. The Labute approximate surface area is 137 Å². The van der Waals surface area contributed by atoms with E-state index in [-0.39, 0.29) is 6.10 Å². The van der Waals surface area contributed by atoms with Gasteiger partial charge in [-0.1, -0.05) is 34.6 Å². The van der Waals surface area contributed by atoms with Crippen LogP contribution in [0, 0.1) is 23.2 Å². The van der Waals surface area contributed by atoms with Gasteiger partial charge in [-0.2, -0.15) is 0 Å². The summed E-state index contributed by atoms with van der Waals surface area (Å²) >= 11 is 0. The first kappa shape index (κ1) is 18.2. The van der Waals surface area contributed by atoms with Crippen LogP contribution in [0.5, 0.6) is 0 Å². The lowest BCUT2D eigenvalue weighted by molar-refractivity contribution is -0.915. The molecule has 3 nitrogen and oxygen atoms in total. The van der Waals surface area contributed by atoms with Crippen molar-refractivity contribution >= 4 is 0 Å². The number of likely N-dealkylation sites (tertiary alicyclic amines) is 1. The van der Waals surface area contributed by atoms with Crippen LogP contribution < -0.4 is 4.90 Å². The number of nitrogens with one attached hydrogen (secondary N) is 1. The highest BCUT2D eigenvalue weighted by molar-refractivity contribution is 4.83. The third-order valence-corrected chi connectivity index (χ3v) is 5.47. The van der Waals surface area contributed by atoms with Gasteiger partial charge >= 0.3 is 0 Å². The quantitative estimate of drug-likeness (QED) is 0.815. The van der Waals surface area contributed by atoms with Crippen LogP contribution in [-0.2, 0) is 4.74 Å². The highest BCUT2D eigenvalue weighted by atomic mass is 16.5. The second-order valence-corrected chi connectivity index (χ2v) is 9.33. The summed E-state index contributed by atoms with van der Waals surface area (Å²) in [5, 5.41) is 10.4. The molecule has 0 spiro atoms. The summed E-state index contributed by atoms with van der Waals surface area (Å²) in [7, 11) is 0. The van der Waals surface area contributed by atoms with Crippen LogP contribution in [0.25, 0.3) is 0 Å². The van der Waals surface area contributed by atoms with E-state index in [2.05, 4.69) is 34.6 Å². The molecule has 1 saturated heterocycles. The SMILES string of the molecule is C[C@@H]1C[C@H](C)C[NH+](C[C@@H](O)CO[C@@H]2C[C@@H](C)CC(C)(C)C2)C1. The van der Waals surface area contributed by atoms with E-state index in [9.17, 15) is 5.11 Å². The lowest BCUT2D eigenvalue weighted by Gasteiger charge is -2.39. The molecule has 1 unspecified atom stereocenters. The zero-order valence-corrected chi connectivity index (χ0v) is 15.4. The Balaban J connectivity index is 1.72. The Morgan fingerprint density at radius 2 is 1.68 bits per heavy atom. The Morgan fingerprint density at radius 1 is 1.05 bits per heavy atom. The Bertz CT molecular complexity index is 334. The molecule has 0 aromatic carbocycles. The van der Waals surface area contributed by atoms with E-state index < -0.39 is 0 Å². The zero-order chi connectivity index (χ0) is 16.3. The van der Waals surface area contributed by atoms with Gasteiger partial charge in [0.15, 0.2) is 0 Å². The summed E-state index contributed by atoms with van der Waals surface area (Å²) in [4.78, 5) is 1.56. The van der Waals surface area contributed by atoms with E-state index in [1.54, 1.807) is 4.90 Å². The molecule has 0 aromatic heterocycles. The molecule has 0 radical (unpaired) electrons. The van der Waals surface area contributed by atoms with Crippen molar-refractivity contribution in [2.75, 3.05) is 26.2 Å². The molecule has 1 aliphatic heterocycles. The van der Waals surface area contributed by atoms with Crippen molar-refractivity contribution in [3.8, 4) is 0 Å². The predicted molar refractivity (Wildman–Crippen MR) is 91.1 cm³/mol. The van der Waals surface area contributed by atoms with E-state index in [1.165, 1.54) is 25.9 Å². The standard InChI is InChI=1S/C19H37NO2/c1-14-7-18(9-19(4,5)8-14)22-13-17(21)12-20-10-15(2)6-16(3)11-20/h14-18,21H,6-13H2,1-5H3/p+1/t14-,15-,16+,17-,18-/m1/s1. The Hall–Kier alpha value is -0.120. The molecule has 1 saturated carbocycles. The highest BCUT2D eigenvalue weighted by Gasteiger charge is 2.33. The molecular weight excluding hydrogens is 274 g/mol. The van der Waals surface area contributed by atoms with Crippen molar-refractivity contribution in [3.63, 3.8) is 0 Å². The third-order valence-electron chi connectivity index (χ3n) is 5.47. The van der Waals surface area contributed by atoms with Crippen molar-refractivity contribution in [2.24, 2.45) is 23.2 Å². The number of hydrogen-bond acceptors (Lipinski definition) is 2. The summed E-state index contributed by atoms with van der Waals surface area (Å²) in [6.45, 7) is 15.5. The van der Waals surface area contributed by atoms with Gasteiger partial charge in [0, 0.05) is 11.8 Å². The van der Waals surface area contributed by atoms with Gasteiger partial charge in [-0.3, -0.25) is 0 Å². The van der Waals surface area contributed by atoms with E-state index in [0.717, 1.165) is 37.1 Å². The summed E-state index contributed by atoms with van der Waals surface area (Å²) in [6.07, 6.45) is 4.94. The van der Waals surface area contributed by atoms with Crippen LogP contribution in [0.15, 0.2) is 0 Å². The lowest BCUT2D eigenvalue weighted by Crippen LogP contribution is -3.15. The largest absolute Gasteiger partial charge is 0.385 e. The van der Waals surface area contributed by atoms with E-state index in [1.807, 2.05) is 0 Å². The average molecular weight is 313 g/mol. The predicted octanol–water partition coefficient (Wildman–Crippen LogP) is 2.14. The van der Waals surface area contributed by atoms with Crippen LogP contribution >= 0.6 is 0 Å². The number of ether oxygens (including phenoxy) is 1. The first-order chi connectivity index (χ1) is 10.2. The molecule has 130 valence electrons. The molecule has 1 heterocycles. The highest BCUT2D eigenvalue weighted by Crippen LogP contribution is 2.39. The van der Waals surface area contributed by atoms with Crippen molar-refractivity contribution in [1.29, 1.82) is 0 Å². The van der Waals surface area contributed by atoms with Crippen molar-refractivity contribution < 1.29 is 14.7 Å². The zero-order valence-electron chi connectivity index (χ0n) is 15.4. The van der Waals surface area contributed by atoms with Crippen LogP contribution in [-0.4, -0.2) is 43.6 Å². The van der Waals surface area contributed by atoms with Gasteiger partial charge < -0.3 is 14.7 Å². The van der Waals surface area contributed by atoms with Crippen molar-refractivity contribution in [1.82, 2.24) is 0 Å². The molecule has 0 aromatic rings. The third kappa shape index (κ3) is 5.82. The van der Waals surface area contributed by atoms with Crippen LogP contribution in [0.4, 0.5) is 0 Å². The first-order valence-electron chi connectivity index (χ1n) is 9.36. The number of quaternary nitrogens is 1. The number of hydrogen-bond donors (Lipinski definition) is 2. The maximum Gasteiger partial charge on any atom is 0.126 e. The van der Waals surface area contributed by atoms with Crippen molar-refractivity contribution in [2.45, 2.75) is 72.5 Å². The molecule has 0 amide bonds. The van der Waals surface area contributed by atoms with Gasteiger partial charge in [0.25, 0.3) is 0 Å². The molecule has 22 heavy (non-hydrogen) atoms. The molecule has 3 heteroatoms. The minimum Gasteiger partial charge on any atom is -0.385 e. The van der Waals surface area contributed by atoms with Gasteiger partial charge in [-0.15, -0.1) is 0 Å². The molecule has 0 bridgehead atoms. The minimum atomic E-state index is -0.312. The van der Waals surface area contributed by atoms with E-state index in [0.29, 0.717) is 18.1 Å². The fourth-order valence-electron chi connectivity index (χ4n) is 5.11. The Morgan fingerprint density at radius 3 is 2.27 bits per heavy atom. The maximum absolute atomic E-state index is 10.4. The fraction of sp³-hybridized carbons (Fsp3) is 1.00. The van der Waals surface area contributed by atoms with Crippen LogP contribution in [0.3, 0.4) is 0 Å². The lowest BCUT2D eigenvalue weighted by atomic mass is 9.71. The van der Waals surface area contributed by atoms with E-state index >= 15 is 0 Å². The number of piperidine rings is 1. The Kier molecular flexibility index (Phi) is 6.32. The van der Waals surface area contributed by atoms with Gasteiger partial charge in [-0.25, -0.2) is 0 Å². The first-order valence-corrected chi connectivity index (χ1v) is 9.36. The normalized spacial score (nSPS) is 40.4. The maximum atomic E-state index is 10.4. The molecule has 2 N–H and O–H groups in total. The van der Waals surface area contributed by atoms with Crippen molar-refractivity contribution in [3.05, 3.63) is 0 Å². The average Bonchev–Trinajstić information content (AvgIpc) is 2.32. The van der Waals surface area contributed by atoms with Gasteiger partial charge in [0.05, 0.1) is 25.8 Å². The monoisotopic (exact) mass is 312 g/mol. The topological polar surface area (TPSA) is 33.9 Å².